The molecule has 2 aromatic rings. The highest BCUT2D eigenvalue weighted by Gasteiger charge is 2.29. The van der Waals surface area contributed by atoms with Gasteiger partial charge in [0, 0.05) is 54.6 Å². The zero-order valence-electron chi connectivity index (χ0n) is 17.9. The fourth-order valence-corrected chi connectivity index (χ4v) is 3.51. The number of rotatable bonds is 7. The van der Waals surface area contributed by atoms with Gasteiger partial charge in [-0.1, -0.05) is 6.08 Å². The first-order valence-electron chi connectivity index (χ1n) is 10.5. The number of aliphatic hydroxyl groups excluding tert-OH is 3. The summed E-state index contributed by atoms with van der Waals surface area (Å²) in [4.78, 5) is 20.9. The Balaban J connectivity index is 0.00000132. The van der Waals surface area contributed by atoms with Gasteiger partial charge in [-0.25, -0.2) is 4.98 Å². The minimum absolute atomic E-state index is 0.0383. The molecule has 4 rings (SSSR count). The molecule has 2 aromatic heterocycles. The van der Waals surface area contributed by atoms with E-state index in [1.807, 2.05) is 31.3 Å². The maximum Gasteiger partial charge on any atom is 0.228 e. The molecule has 8 heteroatoms. The van der Waals surface area contributed by atoms with E-state index in [0.29, 0.717) is 18.7 Å². The summed E-state index contributed by atoms with van der Waals surface area (Å²) in [5, 5.41) is 34.1. The summed E-state index contributed by atoms with van der Waals surface area (Å²) < 4.78 is 0. The Morgan fingerprint density at radius 2 is 1.94 bits per heavy atom. The van der Waals surface area contributed by atoms with Crippen molar-refractivity contribution in [3.05, 3.63) is 48.1 Å². The highest BCUT2D eigenvalue weighted by Crippen LogP contribution is 2.31. The number of hydrogen-bond acceptors (Lipinski definition) is 7. The van der Waals surface area contributed by atoms with Gasteiger partial charge in [-0.3, -0.25) is 9.78 Å². The van der Waals surface area contributed by atoms with Crippen LogP contribution in [0.2, 0.25) is 0 Å². The highest BCUT2D eigenvalue weighted by atomic mass is 16.3. The minimum Gasteiger partial charge on any atom is -0.400 e. The predicted molar refractivity (Wildman–Crippen MR) is 120 cm³/mol. The average molecular weight is 427 g/mol. The van der Waals surface area contributed by atoms with Gasteiger partial charge < -0.3 is 26.0 Å². The van der Waals surface area contributed by atoms with Crippen LogP contribution >= 0.6 is 0 Å². The van der Waals surface area contributed by atoms with Crippen molar-refractivity contribution in [1.29, 1.82) is 0 Å². The lowest BCUT2D eigenvalue weighted by Gasteiger charge is -2.26. The van der Waals surface area contributed by atoms with E-state index in [0.717, 1.165) is 47.6 Å². The van der Waals surface area contributed by atoms with E-state index in [-0.39, 0.29) is 24.5 Å². The number of amides is 1. The quantitative estimate of drug-likeness (QED) is 0.458. The first-order valence-corrected chi connectivity index (χ1v) is 10.5. The van der Waals surface area contributed by atoms with Crippen molar-refractivity contribution in [2.24, 2.45) is 5.92 Å². The second-order valence-electron chi connectivity index (χ2n) is 7.78. The topological polar surface area (TPSA) is 128 Å². The number of nitrogens with zero attached hydrogens (tertiary/aromatic N) is 2. The Hall–Kier alpha value is -2.81. The van der Waals surface area contributed by atoms with Gasteiger partial charge in [-0.2, -0.15) is 0 Å². The van der Waals surface area contributed by atoms with Crippen LogP contribution in [0.25, 0.3) is 16.3 Å². The van der Waals surface area contributed by atoms with Crippen LogP contribution in [0.4, 0.5) is 5.82 Å². The smallest absolute Gasteiger partial charge is 0.228 e. The van der Waals surface area contributed by atoms with Gasteiger partial charge in [0.05, 0.1) is 17.8 Å². The van der Waals surface area contributed by atoms with Gasteiger partial charge in [0.2, 0.25) is 5.91 Å². The molecule has 0 radical (unpaired) electrons. The summed E-state index contributed by atoms with van der Waals surface area (Å²) in [6.07, 6.45) is 9.90. The van der Waals surface area contributed by atoms with Crippen LogP contribution in [0.3, 0.4) is 0 Å². The van der Waals surface area contributed by atoms with Crippen molar-refractivity contribution in [2.75, 3.05) is 19.0 Å². The van der Waals surface area contributed by atoms with Crippen LogP contribution in [0.15, 0.2) is 42.4 Å². The molecule has 1 aliphatic heterocycles. The molecule has 3 heterocycles. The number of hydrogen-bond donors (Lipinski definition) is 5. The van der Waals surface area contributed by atoms with Gasteiger partial charge in [0.15, 0.2) is 0 Å². The Morgan fingerprint density at radius 1 is 1.23 bits per heavy atom. The minimum atomic E-state index is -0.548. The first kappa shape index (κ1) is 22.9. The molecule has 1 amide bonds. The van der Waals surface area contributed by atoms with Gasteiger partial charge in [-0.05, 0) is 50.3 Å². The lowest BCUT2D eigenvalue weighted by molar-refractivity contribution is -0.117. The monoisotopic (exact) mass is 426 g/mol. The Bertz CT molecular complexity index is 985. The molecule has 0 spiro atoms. The van der Waals surface area contributed by atoms with Crippen molar-refractivity contribution in [2.45, 2.75) is 44.8 Å². The van der Waals surface area contributed by atoms with E-state index in [2.05, 4.69) is 20.6 Å². The molecule has 0 bridgehead atoms. The number of carbonyl (C=O) groups is 1. The molecular formula is C23H30N4O4. The number of anilines is 1. The van der Waals surface area contributed by atoms with E-state index < -0.39 is 6.10 Å². The van der Waals surface area contributed by atoms with Crippen molar-refractivity contribution in [3.63, 3.8) is 0 Å². The highest BCUT2D eigenvalue weighted by molar-refractivity contribution is 5.95. The maximum absolute atomic E-state index is 11.9. The number of nitrogens with one attached hydrogen (secondary N) is 2. The molecule has 1 fully saturated rings. The number of carbonyl (C=O) groups excluding carboxylic acids is 1. The molecule has 5 N–H and O–H groups in total. The van der Waals surface area contributed by atoms with Crippen molar-refractivity contribution >= 4 is 28.1 Å². The molecule has 31 heavy (non-hydrogen) atoms. The first-order chi connectivity index (χ1) is 15.0. The fraction of sp³-hybridized carbons (Fsp3) is 0.435. The summed E-state index contributed by atoms with van der Waals surface area (Å²) in [6.45, 7) is 2.08. The van der Waals surface area contributed by atoms with Gasteiger partial charge in [0.1, 0.15) is 5.82 Å². The zero-order valence-corrected chi connectivity index (χ0v) is 17.9. The summed E-state index contributed by atoms with van der Waals surface area (Å²) in [7, 11) is 1.00. The van der Waals surface area contributed by atoms with E-state index in [1.165, 1.54) is 0 Å². The summed E-state index contributed by atoms with van der Waals surface area (Å²) in [5.74, 6) is 0.731. The van der Waals surface area contributed by atoms with Crippen molar-refractivity contribution in [1.82, 2.24) is 15.3 Å². The fourth-order valence-electron chi connectivity index (χ4n) is 3.51. The van der Waals surface area contributed by atoms with Crippen LogP contribution < -0.4 is 10.6 Å². The molecular weight excluding hydrogens is 396 g/mol. The number of aromatic nitrogens is 2. The number of dihydropyridines is 1. The van der Waals surface area contributed by atoms with Crippen LogP contribution in [-0.4, -0.2) is 57.1 Å². The molecule has 2 atom stereocenters. The number of allylic oxidation sites excluding steroid dienone is 2. The van der Waals surface area contributed by atoms with Crippen LogP contribution in [-0.2, 0) is 4.79 Å². The lowest BCUT2D eigenvalue weighted by atomic mass is 9.95. The van der Waals surface area contributed by atoms with E-state index >= 15 is 0 Å². The molecule has 0 saturated heterocycles. The van der Waals surface area contributed by atoms with E-state index in [1.54, 1.807) is 12.4 Å². The number of fused-ring (bicyclic) bond motifs is 1. The largest absolute Gasteiger partial charge is 0.400 e. The summed E-state index contributed by atoms with van der Waals surface area (Å²) in [5.41, 5.74) is 2.81. The third kappa shape index (κ3) is 5.66. The van der Waals surface area contributed by atoms with Crippen LogP contribution in [0.5, 0.6) is 0 Å². The molecule has 1 aliphatic carbocycles. The standard InChI is InChI=1S/C22H26N4O3.CH4O/c1-13-7-19(20(28)3-2-6-27)24-12-17(13)18-8-15-11-25-21(9-16(15)10-23-18)26-22(29)14-4-5-14;1-2/h7-12,14,19-20,24,27-28H,2-6H2,1H3,(H,25,26,29);2H,1H3. The maximum atomic E-state index is 11.9. The summed E-state index contributed by atoms with van der Waals surface area (Å²) in [6, 6.07) is 3.64. The SMILES string of the molecule is CC1=CC(C(O)CCCO)NC=C1c1cc2cnc(NC(=O)C3CC3)cc2cn1.CO. The van der Waals surface area contributed by atoms with Crippen LogP contribution in [0, 0.1) is 5.92 Å². The second-order valence-corrected chi connectivity index (χ2v) is 7.78. The zero-order chi connectivity index (χ0) is 22.4. The molecule has 2 aliphatic rings. The number of pyridine rings is 2. The van der Waals surface area contributed by atoms with E-state index in [9.17, 15) is 9.90 Å². The third-order valence-electron chi connectivity index (χ3n) is 5.43. The van der Waals surface area contributed by atoms with Gasteiger partial charge >= 0.3 is 0 Å². The molecule has 8 nitrogen and oxygen atoms in total. The molecule has 2 unspecified atom stereocenters. The molecule has 166 valence electrons. The number of aliphatic hydroxyl groups is 3. The Kier molecular flexibility index (Phi) is 7.73. The second kappa shape index (κ2) is 10.5. The average Bonchev–Trinajstić information content (AvgIpc) is 3.64. The molecule has 1 saturated carbocycles. The van der Waals surface area contributed by atoms with Crippen LogP contribution in [0.1, 0.15) is 38.3 Å². The van der Waals surface area contributed by atoms with Gasteiger partial charge in [-0.15, -0.1) is 0 Å². The van der Waals surface area contributed by atoms with Crippen molar-refractivity contribution in [3.8, 4) is 0 Å². The normalized spacial score (nSPS) is 18.8. The predicted octanol–water partition coefficient (Wildman–Crippen LogP) is 1.98. The lowest BCUT2D eigenvalue weighted by Crippen LogP contribution is -2.37. The van der Waals surface area contributed by atoms with Crippen molar-refractivity contribution < 1.29 is 20.1 Å². The van der Waals surface area contributed by atoms with E-state index in [4.69, 9.17) is 10.2 Å². The third-order valence-corrected chi connectivity index (χ3v) is 5.43. The van der Waals surface area contributed by atoms with Gasteiger partial charge in [0.25, 0.3) is 0 Å². The summed E-state index contributed by atoms with van der Waals surface area (Å²) >= 11 is 0. The molecule has 0 aromatic carbocycles. The Labute approximate surface area is 181 Å². The Morgan fingerprint density at radius 3 is 2.61 bits per heavy atom.